The average Bonchev–Trinajstić information content (AvgIpc) is 3.00. The number of aromatic nitrogens is 2. The van der Waals surface area contributed by atoms with Crippen LogP contribution in [0.5, 0.6) is 5.75 Å². The van der Waals surface area contributed by atoms with Crippen molar-refractivity contribution in [2.75, 3.05) is 10.6 Å². The van der Waals surface area contributed by atoms with Gasteiger partial charge in [0.15, 0.2) is 5.01 Å². The van der Waals surface area contributed by atoms with Gasteiger partial charge in [0.05, 0.1) is 0 Å². The van der Waals surface area contributed by atoms with Crippen LogP contribution in [0.4, 0.5) is 15.6 Å². The maximum absolute atomic E-state index is 12.0. The lowest BCUT2D eigenvalue weighted by Gasteiger charge is -2.05. The lowest BCUT2D eigenvalue weighted by Crippen LogP contribution is -2.19. The fourth-order valence-electron chi connectivity index (χ4n) is 2.04. The SMILES string of the molecule is Cc1cccc(OCc2nnc(NC(=O)Nc3cccc(Cl)c3)s2)c1. The minimum atomic E-state index is -0.412. The lowest BCUT2D eigenvalue weighted by molar-refractivity contribution is 0.262. The first-order chi connectivity index (χ1) is 12.1. The second-order valence-electron chi connectivity index (χ2n) is 5.20. The average molecular weight is 375 g/mol. The van der Waals surface area contributed by atoms with Crippen molar-refractivity contribution < 1.29 is 9.53 Å². The van der Waals surface area contributed by atoms with Crippen molar-refractivity contribution in [1.82, 2.24) is 10.2 Å². The van der Waals surface area contributed by atoms with Crippen LogP contribution in [0.3, 0.4) is 0 Å². The molecule has 128 valence electrons. The van der Waals surface area contributed by atoms with Crippen molar-refractivity contribution in [2.24, 2.45) is 0 Å². The summed E-state index contributed by atoms with van der Waals surface area (Å²) < 4.78 is 5.66. The number of amides is 2. The summed E-state index contributed by atoms with van der Waals surface area (Å²) in [6.07, 6.45) is 0. The second kappa shape index (κ2) is 7.96. The number of carbonyl (C=O) groups excluding carboxylic acids is 1. The molecule has 0 aliphatic carbocycles. The van der Waals surface area contributed by atoms with Gasteiger partial charge in [-0.2, -0.15) is 0 Å². The van der Waals surface area contributed by atoms with Crippen molar-refractivity contribution in [1.29, 1.82) is 0 Å². The van der Waals surface area contributed by atoms with E-state index in [-0.39, 0.29) is 0 Å². The van der Waals surface area contributed by atoms with Crippen molar-refractivity contribution in [3.63, 3.8) is 0 Å². The summed E-state index contributed by atoms with van der Waals surface area (Å²) in [5.41, 5.74) is 1.72. The van der Waals surface area contributed by atoms with Crippen LogP contribution in [0.25, 0.3) is 0 Å². The number of nitrogens with zero attached hydrogens (tertiary/aromatic N) is 2. The van der Waals surface area contributed by atoms with E-state index < -0.39 is 6.03 Å². The molecule has 0 fully saturated rings. The van der Waals surface area contributed by atoms with Gasteiger partial charge < -0.3 is 10.1 Å². The molecule has 2 amide bonds. The molecular weight excluding hydrogens is 360 g/mol. The Morgan fingerprint density at radius 3 is 2.80 bits per heavy atom. The summed E-state index contributed by atoms with van der Waals surface area (Å²) in [4.78, 5) is 12.0. The normalized spacial score (nSPS) is 10.3. The van der Waals surface area contributed by atoms with Crippen LogP contribution in [-0.2, 0) is 6.61 Å². The van der Waals surface area contributed by atoms with E-state index in [1.54, 1.807) is 24.3 Å². The van der Waals surface area contributed by atoms with E-state index in [1.807, 2.05) is 31.2 Å². The smallest absolute Gasteiger partial charge is 0.325 e. The maximum atomic E-state index is 12.0. The second-order valence-corrected chi connectivity index (χ2v) is 6.69. The number of halogens is 1. The lowest BCUT2D eigenvalue weighted by atomic mass is 10.2. The molecule has 0 saturated carbocycles. The van der Waals surface area contributed by atoms with E-state index in [9.17, 15) is 4.79 Å². The molecule has 1 heterocycles. The number of aryl methyl sites for hydroxylation is 1. The molecule has 0 aliphatic rings. The summed E-state index contributed by atoms with van der Waals surface area (Å²) in [6, 6.07) is 14.2. The Hall–Kier alpha value is -2.64. The van der Waals surface area contributed by atoms with Gasteiger partial charge in [-0.25, -0.2) is 4.79 Å². The molecule has 3 rings (SSSR count). The van der Waals surface area contributed by atoms with Gasteiger partial charge in [-0.3, -0.25) is 5.32 Å². The topological polar surface area (TPSA) is 76.1 Å². The molecule has 0 aliphatic heterocycles. The van der Waals surface area contributed by atoms with Crippen LogP contribution >= 0.6 is 22.9 Å². The van der Waals surface area contributed by atoms with E-state index in [1.165, 1.54) is 11.3 Å². The van der Waals surface area contributed by atoms with Crippen LogP contribution in [0.15, 0.2) is 48.5 Å². The standard InChI is InChI=1S/C17H15ClN4O2S/c1-11-4-2-7-14(8-11)24-10-15-21-22-17(25-15)20-16(23)19-13-6-3-5-12(18)9-13/h2-9H,10H2,1H3,(H2,19,20,22,23). The van der Waals surface area contributed by atoms with Crippen LogP contribution < -0.4 is 15.4 Å². The molecule has 2 N–H and O–H groups in total. The Morgan fingerprint density at radius 1 is 1.16 bits per heavy atom. The molecule has 2 aromatic carbocycles. The van der Waals surface area contributed by atoms with Crippen LogP contribution in [0, 0.1) is 6.92 Å². The number of nitrogens with one attached hydrogen (secondary N) is 2. The summed E-state index contributed by atoms with van der Waals surface area (Å²) >= 11 is 7.13. The number of hydrogen-bond acceptors (Lipinski definition) is 5. The van der Waals surface area contributed by atoms with E-state index in [0.717, 1.165) is 11.3 Å². The summed E-state index contributed by atoms with van der Waals surface area (Å²) in [6.45, 7) is 2.29. The maximum Gasteiger partial charge on any atom is 0.325 e. The molecule has 0 bridgehead atoms. The first kappa shape index (κ1) is 17.2. The molecule has 0 atom stereocenters. The van der Waals surface area contributed by atoms with E-state index in [4.69, 9.17) is 16.3 Å². The van der Waals surface area contributed by atoms with Gasteiger partial charge in [0.25, 0.3) is 0 Å². The number of hydrogen-bond donors (Lipinski definition) is 2. The molecular formula is C17H15ClN4O2S. The third-order valence-corrected chi connectivity index (χ3v) is 4.17. The van der Waals surface area contributed by atoms with Gasteiger partial charge in [0, 0.05) is 10.7 Å². The molecule has 8 heteroatoms. The highest BCUT2D eigenvalue weighted by molar-refractivity contribution is 7.15. The number of urea groups is 1. The van der Waals surface area contributed by atoms with Gasteiger partial charge in [-0.1, -0.05) is 41.1 Å². The zero-order chi connectivity index (χ0) is 17.6. The number of rotatable bonds is 5. The predicted octanol–water partition coefficient (Wildman–Crippen LogP) is 4.72. The monoisotopic (exact) mass is 374 g/mol. The Labute approximate surface area is 153 Å². The van der Waals surface area contributed by atoms with Crippen molar-refractivity contribution in [3.8, 4) is 5.75 Å². The van der Waals surface area contributed by atoms with Crippen molar-refractivity contribution in [3.05, 3.63) is 64.1 Å². The Balaban J connectivity index is 1.53. The highest BCUT2D eigenvalue weighted by Gasteiger charge is 2.09. The van der Waals surface area contributed by atoms with Crippen molar-refractivity contribution in [2.45, 2.75) is 13.5 Å². The molecule has 25 heavy (non-hydrogen) atoms. The first-order valence-corrected chi connectivity index (χ1v) is 8.63. The molecule has 6 nitrogen and oxygen atoms in total. The largest absolute Gasteiger partial charge is 0.486 e. The summed E-state index contributed by atoms with van der Waals surface area (Å²) in [5, 5.41) is 14.9. The van der Waals surface area contributed by atoms with Gasteiger partial charge in [0.1, 0.15) is 12.4 Å². The van der Waals surface area contributed by atoms with Crippen LogP contribution in [0.2, 0.25) is 5.02 Å². The number of carbonyl (C=O) groups is 1. The third kappa shape index (κ3) is 5.17. The third-order valence-electron chi connectivity index (χ3n) is 3.12. The predicted molar refractivity (Wildman–Crippen MR) is 99.5 cm³/mol. The van der Waals surface area contributed by atoms with E-state index in [2.05, 4.69) is 20.8 Å². The Kier molecular flexibility index (Phi) is 5.47. The molecule has 0 spiro atoms. The quantitative estimate of drug-likeness (QED) is 0.677. The number of benzene rings is 2. The molecule has 3 aromatic rings. The van der Waals surface area contributed by atoms with Gasteiger partial charge in [-0.15, -0.1) is 10.2 Å². The zero-order valence-corrected chi connectivity index (χ0v) is 14.9. The summed E-state index contributed by atoms with van der Waals surface area (Å²) in [7, 11) is 0. The fraction of sp³-hybridized carbons (Fsp3) is 0.118. The summed E-state index contributed by atoms with van der Waals surface area (Å²) in [5.74, 6) is 0.767. The minimum absolute atomic E-state index is 0.290. The van der Waals surface area contributed by atoms with E-state index in [0.29, 0.717) is 27.5 Å². The Morgan fingerprint density at radius 2 is 2.00 bits per heavy atom. The fourth-order valence-corrected chi connectivity index (χ4v) is 2.88. The van der Waals surface area contributed by atoms with Crippen LogP contribution in [0.1, 0.15) is 10.6 Å². The molecule has 0 unspecified atom stereocenters. The zero-order valence-electron chi connectivity index (χ0n) is 13.3. The number of ether oxygens (including phenoxy) is 1. The highest BCUT2D eigenvalue weighted by Crippen LogP contribution is 2.20. The van der Waals surface area contributed by atoms with Gasteiger partial charge in [0.2, 0.25) is 5.13 Å². The van der Waals surface area contributed by atoms with Crippen molar-refractivity contribution >= 4 is 39.8 Å². The minimum Gasteiger partial charge on any atom is -0.486 e. The molecule has 0 saturated heterocycles. The van der Waals surface area contributed by atoms with Crippen LogP contribution in [-0.4, -0.2) is 16.2 Å². The first-order valence-electron chi connectivity index (χ1n) is 7.44. The Bertz CT molecular complexity index is 884. The highest BCUT2D eigenvalue weighted by atomic mass is 35.5. The van der Waals surface area contributed by atoms with Gasteiger partial charge >= 0.3 is 6.03 Å². The van der Waals surface area contributed by atoms with E-state index >= 15 is 0 Å². The molecule has 0 radical (unpaired) electrons. The van der Waals surface area contributed by atoms with Gasteiger partial charge in [-0.05, 0) is 42.8 Å². The molecule has 1 aromatic heterocycles. The number of anilines is 2.